The molecule has 608 valence electrons. The maximum atomic E-state index is 15.8. The monoisotopic (exact) mass is 1530 g/mol. The molecule has 108 heavy (non-hydrogen) atoms. The van der Waals surface area contributed by atoms with E-state index in [9.17, 15) is 45.5 Å². The molecule has 8 aliphatic rings. The fraction of sp³-hybridized carbons (Fsp3) is 0.818. The van der Waals surface area contributed by atoms with E-state index in [-0.39, 0.29) is 121 Å². The van der Waals surface area contributed by atoms with Crippen molar-refractivity contribution >= 4 is 70.9 Å². The second kappa shape index (κ2) is 35.9. The summed E-state index contributed by atoms with van der Waals surface area (Å²) < 4.78 is 90.8. The first kappa shape index (κ1) is 86.5. The number of hydrogen-bond donors (Lipinski definition) is 3. The van der Waals surface area contributed by atoms with E-state index in [0.29, 0.717) is 44.9 Å². The van der Waals surface area contributed by atoms with Gasteiger partial charge in [0.05, 0.1) is 37.5 Å². The van der Waals surface area contributed by atoms with Crippen LogP contribution < -0.4 is 16.0 Å². The normalized spacial score (nSPS) is 32.5. The quantitative estimate of drug-likeness (QED) is 0.144. The van der Waals surface area contributed by atoms with Gasteiger partial charge in [-0.25, -0.2) is 0 Å². The largest absolute Gasteiger partial charge is 0.394 e. The highest BCUT2D eigenvalue weighted by Crippen LogP contribution is 2.50. The fourth-order valence-corrected chi connectivity index (χ4v) is 18.6. The van der Waals surface area contributed by atoms with E-state index in [4.69, 9.17) is 4.74 Å². The molecular formula is C77H120F6N12O13. The van der Waals surface area contributed by atoms with E-state index in [1.54, 1.807) is 19.1 Å². The number of likely N-dealkylation sites (N-methyl/N-ethyl adjacent to an activating group) is 7. The molecule has 3 unspecified atom stereocenters. The Bertz CT molecular complexity index is 3290. The highest BCUT2D eigenvalue weighted by atomic mass is 19.4. The first-order valence-electron chi connectivity index (χ1n) is 39.1. The SMILES string of the molecule is CC[C@H](C)[C@@H]1NC(=O)[C@H](C2CCC2)N(C)C(=O)C[C@@H](C(=O)N(C)C)N(C)C(=O)[C@H](C2CCCC2)N(C)C(=O)C2(CC(C)(C)C2)NC(=O)[C@@H]2C[C@H](C)CN2C(=O)[C@H](CCC2CCC(C(F)(F)F)C(OC)C2)NC(=O)CN(C)C(=O)[C@H](CC2CCC(C(F)(F)F)CC2)N2CC/C=C\C[C@@H](C2=O)N(C)C(=O)CN(C)C1=O. The molecule has 3 N–H and O–H groups in total. The van der Waals surface area contributed by atoms with Crippen molar-refractivity contribution in [3.63, 3.8) is 0 Å². The molecule has 8 rings (SSSR count). The van der Waals surface area contributed by atoms with Crippen LogP contribution in [0.1, 0.15) is 189 Å². The minimum absolute atomic E-state index is 0.0124. The van der Waals surface area contributed by atoms with Crippen LogP contribution in [0.2, 0.25) is 0 Å². The van der Waals surface area contributed by atoms with Gasteiger partial charge in [-0.3, -0.25) is 57.5 Å². The maximum Gasteiger partial charge on any atom is 0.394 e. The van der Waals surface area contributed by atoms with Crippen LogP contribution in [0.25, 0.3) is 0 Å². The third-order valence-corrected chi connectivity index (χ3v) is 25.3. The zero-order chi connectivity index (χ0) is 80.0. The summed E-state index contributed by atoms with van der Waals surface area (Å²) >= 11 is 0. The van der Waals surface area contributed by atoms with Crippen LogP contribution in [0.3, 0.4) is 0 Å². The van der Waals surface area contributed by atoms with Crippen molar-refractivity contribution in [1.82, 2.24) is 60.0 Å². The molecule has 13 atom stereocenters. The molecule has 5 saturated carbocycles. The number of methoxy groups -OCH3 is 1. The summed E-state index contributed by atoms with van der Waals surface area (Å²) in [6.07, 6.45) is -3.09. The van der Waals surface area contributed by atoms with Gasteiger partial charge in [0, 0.05) is 76.6 Å². The molecule has 0 aromatic heterocycles. The van der Waals surface area contributed by atoms with Gasteiger partial charge in [0.2, 0.25) is 70.9 Å². The van der Waals surface area contributed by atoms with Gasteiger partial charge in [0.1, 0.15) is 53.9 Å². The van der Waals surface area contributed by atoms with Gasteiger partial charge in [0.15, 0.2) is 0 Å². The van der Waals surface area contributed by atoms with Crippen molar-refractivity contribution in [1.29, 1.82) is 0 Å². The summed E-state index contributed by atoms with van der Waals surface area (Å²) in [6, 6.07) is -10.6. The Labute approximate surface area is 632 Å². The third kappa shape index (κ3) is 20.2. The Morgan fingerprint density at radius 1 is 0.639 bits per heavy atom. The van der Waals surface area contributed by atoms with E-state index >= 15 is 38.4 Å². The van der Waals surface area contributed by atoms with Gasteiger partial charge < -0.3 is 64.8 Å². The van der Waals surface area contributed by atoms with Gasteiger partial charge in [-0.05, 0) is 163 Å². The maximum absolute atomic E-state index is 15.8. The van der Waals surface area contributed by atoms with E-state index in [1.165, 1.54) is 92.9 Å². The van der Waals surface area contributed by atoms with E-state index in [2.05, 4.69) is 16.0 Å². The molecule has 25 nitrogen and oxygen atoms in total. The lowest BCUT2D eigenvalue weighted by Crippen LogP contribution is -2.71. The average molecular weight is 1540 g/mol. The van der Waals surface area contributed by atoms with Crippen molar-refractivity contribution < 1.29 is 88.6 Å². The number of fused-ring (bicyclic) bond motifs is 3. The van der Waals surface area contributed by atoms with Gasteiger partial charge in [-0.2, -0.15) is 26.3 Å². The summed E-state index contributed by atoms with van der Waals surface area (Å²) in [5.41, 5.74) is -2.18. The predicted molar refractivity (Wildman–Crippen MR) is 388 cm³/mol. The lowest BCUT2D eigenvalue weighted by atomic mass is 9.58. The number of nitrogens with zero attached hydrogens (tertiary/aromatic N) is 9. The third-order valence-electron chi connectivity index (χ3n) is 25.3. The number of ether oxygens (including phenoxy) is 1. The van der Waals surface area contributed by atoms with E-state index in [1.807, 2.05) is 27.7 Å². The van der Waals surface area contributed by atoms with Gasteiger partial charge in [0.25, 0.3) is 0 Å². The topological polar surface area (TPSA) is 279 Å². The molecule has 12 amide bonds. The first-order chi connectivity index (χ1) is 50.5. The number of carbonyl (C=O) groups excluding carboxylic acids is 12. The van der Waals surface area contributed by atoms with Gasteiger partial charge in [-0.1, -0.05) is 72.5 Å². The Kier molecular flexibility index (Phi) is 28.8. The Morgan fingerprint density at radius 3 is 1.82 bits per heavy atom. The molecule has 7 fully saturated rings. The van der Waals surface area contributed by atoms with Crippen LogP contribution in [0.4, 0.5) is 26.3 Å². The number of nitrogens with one attached hydrogen (secondary N) is 3. The molecule has 3 heterocycles. The molecule has 31 heteroatoms. The summed E-state index contributed by atoms with van der Waals surface area (Å²) in [7, 11) is 12.5. The van der Waals surface area contributed by atoms with Crippen LogP contribution in [-0.4, -0.2) is 277 Å². The minimum atomic E-state index is -4.55. The molecule has 0 aromatic rings. The Balaban J connectivity index is 1.20. The zero-order valence-electron chi connectivity index (χ0n) is 65.9. The minimum Gasteiger partial charge on any atom is -0.381 e. The molecule has 0 radical (unpaired) electrons. The highest BCUT2D eigenvalue weighted by Gasteiger charge is 2.60. The lowest BCUT2D eigenvalue weighted by Gasteiger charge is -2.54. The van der Waals surface area contributed by atoms with Crippen LogP contribution in [-0.2, 0) is 62.3 Å². The summed E-state index contributed by atoms with van der Waals surface area (Å²) in [5, 5.41) is 8.80. The first-order valence-corrected chi connectivity index (χ1v) is 39.1. The number of hydrogen-bond acceptors (Lipinski definition) is 13. The number of halogens is 6. The highest BCUT2D eigenvalue weighted by molar-refractivity contribution is 6.01. The summed E-state index contributed by atoms with van der Waals surface area (Å²) in [4.78, 5) is 193. The lowest BCUT2D eigenvalue weighted by molar-refractivity contribution is -0.215. The summed E-state index contributed by atoms with van der Waals surface area (Å²) in [6.45, 7) is 7.71. The van der Waals surface area contributed by atoms with Crippen molar-refractivity contribution in [3.8, 4) is 0 Å². The van der Waals surface area contributed by atoms with Crippen molar-refractivity contribution in [2.24, 2.45) is 52.8 Å². The molecular weight excluding hydrogens is 1410 g/mol. The van der Waals surface area contributed by atoms with Gasteiger partial charge >= 0.3 is 12.4 Å². The molecule has 2 saturated heterocycles. The standard InChI is InChI=1S/C77H120F6N12O13/c1-15-46(3)62-71(105)89(9)42-61(98)90(10)54-26-17-16-20-35-94(70(54)104)57(37-47-27-31-51(32-28-47)76(78,79)80)69(103)88(8)41-59(96)84-53(34-30-48-29-33-52(77(81,82)83)58(38-48)108-14)67(101)95-40-45(2)36-55(95)65(99)86-75(43-74(4,5)44-75)73(107)93(13)64(50-22-18-19-23-50)72(106)91(11)56(68(102)87(6)7)39-60(97)92(12)63(66(100)85-62)49-24-21-25-49/h16-17,45-58,62-64H,15,18-44H2,1-14H3,(H,84,96)(H,85,100)(H,86,99)/b17-16-/t45-,46-,47?,48?,51?,52?,53-,54-,55-,56-,57-,58?,62-,63-,64-/m0/s1. The van der Waals surface area contributed by atoms with Crippen molar-refractivity contribution in [2.75, 3.05) is 89.7 Å². The van der Waals surface area contributed by atoms with Crippen LogP contribution in [0, 0.1) is 52.8 Å². The van der Waals surface area contributed by atoms with Gasteiger partial charge in [-0.15, -0.1) is 0 Å². The Hall–Kier alpha value is -7.08. The number of amides is 12. The molecule has 3 aliphatic heterocycles. The van der Waals surface area contributed by atoms with Crippen LogP contribution >= 0.6 is 0 Å². The number of alkyl halides is 6. The molecule has 5 aliphatic carbocycles. The van der Waals surface area contributed by atoms with E-state index < -0.39 is 204 Å². The Morgan fingerprint density at radius 2 is 1.25 bits per heavy atom. The molecule has 2 bridgehead atoms. The van der Waals surface area contributed by atoms with Crippen LogP contribution in [0.15, 0.2) is 12.2 Å². The predicted octanol–water partition coefficient (Wildman–Crippen LogP) is 6.70. The molecule has 0 aromatic carbocycles. The average Bonchev–Trinajstić information content (AvgIpc) is 0.944. The van der Waals surface area contributed by atoms with E-state index in [0.717, 1.165) is 21.1 Å². The second-order valence-corrected chi connectivity index (χ2v) is 34.0. The second-order valence-electron chi connectivity index (χ2n) is 34.0. The van der Waals surface area contributed by atoms with Crippen molar-refractivity contribution in [3.05, 3.63) is 12.2 Å². The molecule has 1 spiro atoms. The number of carbonyl (C=O) groups is 12. The summed E-state index contributed by atoms with van der Waals surface area (Å²) in [5.74, 6) is -14.4. The fourth-order valence-electron chi connectivity index (χ4n) is 18.6. The number of rotatable bonds is 11. The van der Waals surface area contributed by atoms with Crippen molar-refractivity contribution in [2.45, 2.75) is 261 Å². The smallest absolute Gasteiger partial charge is 0.381 e. The van der Waals surface area contributed by atoms with Crippen LogP contribution in [0.5, 0.6) is 0 Å². The zero-order valence-corrected chi connectivity index (χ0v) is 65.9.